The van der Waals surface area contributed by atoms with Gasteiger partial charge in [0.25, 0.3) is 0 Å². The Bertz CT molecular complexity index is 1190. The van der Waals surface area contributed by atoms with Crippen molar-refractivity contribution >= 4 is 0 Å². The number of rotatable bonds is 9. The first kappa shape index (κ1) is 27.0. The summed E-state index contributed by atoms with van der Waals surface area (Å²) in [6, 6.07) is 7.83. The van der Waals surface area contributed by atoms with E-state index in [1.54, 1.807) is 0 Å². The highest BCUT2D eigenvalue weighted by Gasteiger charge is 2.26. The summed E-state index contributed by atoms with van der Waals surface area (Å²) in [5, 5.41) is 0. The minimum absolute atomic E-state index is 0.0509. The summed E-state index contributed by atoms with van der Waals surface area (Å²) in [6.45, 7) is 2.25. The van der Waals surface area contributed by atoms with Crippen molar-refractivity contribution in [3.8, 4) is 16.9 Å². The predicted molar refractivity (Wildman–Crippen MR) is 125 cm³/mol. The van der Waals surface area contributed by atoms with Gasteiger partial charge < -0.3 is 14.2 Å². The molecule has 0 amide bonds. The van der Waals surface area contributed by atoms with Gasteiger partial charge in [-0.3, -0.25) is 0 Å². The van der Waals surface area contributed by atoms with Gasteiger partial charge in [-0.1, -0.05) is 31.9 Å². The predicted octanol–water partition coefficient (Wildman–Crippen LogP) is 7.66. The zero-order valence-electron chi connectivity index (χ0n) is 20.1. The van der Waals surface area contributed by atoms with E-state index >= 15 is 0 Å². The number of ether oxygens (including phenoxy) is 3. The van der Waals surface area contributed by atoms with Gasteiger partial charge in [0.05, 0.1) is 19.8 Å². The molecule has 1 saturated heterocycles. The monoisotopic (exact) mass is 524 g/mol. The van der Waals surface area contributed by atoms with Gasteiger partial charge in [-0.2, -0.15) is 0 Å². The Morgan fingerprint density at radius 3 is 2.03 bits per heavy atom. The van der Waals surface area contributed by atoms with Crippen LogP contribution in [0.4, 0.5) is 26.3 Å². The van der Waals surface area contributed by atoms with Crippen molar-refractivity contribution in [2.45, 2.75) is 38.9 Å². The van der Waals surface area contributed by atoms with Gasteiger partial charge in [0, 0.05) is 17.0 Å². The lowest BCUT2D eigenvalue weighted by molar-refractivity contribution is -0.208. The molecule has 198 valence electrons. The molecule has 1 heterocycles. The van der Waals surface area contributed by atoms with Gasteiger partial charge >= 0.3 is 0 Å². The second kappa shape index (κ2) is 12.0. The number of unbranched alkanes of at least 4 members (excludes halogenated alkanes) is 2. The third-order valence-electron chi connectivity index (χ3n) is 6.12. The molecule has 1 fully saturated rings. The van der Waals surface area contributed by atoms with Crippen molar-refractivity contribution in [3.63, 3.8) is 0 Å². The molecule has 0 unspecified atom stereocenters. The van der Waals surface area contributed by atoms with E-state index in [1.165, 1.54) is 24.3 Å². The smallest absolute Gasteiger partial charge is 0.194 e. The van der Waals surface area contributed by atoms with Crippen molar-refractivity contribution in [2.75, 3.05) is 19.8 Å². The molecule has 1 aliphatic rings. The molecular formula is C28H26F6O3. The number of aryl methyl sites for hydroxylation is 1. The molecule has 0 aromatic heterocycles. The molecule has 1 aliphatic heterocycles. The van der Waals surface area contributed by atoms with Crippen molar-refractivity contribution in [1.82, 2.24) is 0 Å². The number of halogens is 6. The zero-order valence-corrected chi connectivity index (χ0v) is 20.1. The van der Waals surface area contributed by atoms with Gasteiger partial charge in [0.2, 0.25) is 0 Å². The van der Waals surface area contributed by atoms with Gasteiger partial charge in [-0.15, -0.1) is 0 Å². The number of benzene rings is 3. The highest BCUT2D eigenvalue weighted by Crippen LogP contribution is 2.32. The van der Waals surface area contributed by atoms with Crippen LogP contribution < -0.4 is 4.74 Å². The molecule has 3 aromatic rings. The van der Waals surface area contributed by atoms with E-state index in [0.717, 1.165) is 25.3 Å². The number of hydrogen-bond acceptors (Lipinski definition) is 3. The van der Waals surface area contributed by atoms with Crippen LogP contribution in [0.3, 0.4) is 0 Å². The second-order valence-electron chi connectivity index (χ2n) is 9.01. The van der Waals surface area contributed by atoms with Crippen molar-refractivity contribution in [3.05, 3.63) is 88.5 Å². The summed E-state index contributed by atoms with van der Waals surface area (Å²) in [5.74, 6) is -7.59. The molecule has 0 aliphatic carbocycles. The minimum atomic E-state index is -1.63. The normalized spacial score (nSPS) is 17.7. The van der Waals surface area contributed by atoms with Crippen molar-refractivity contribution < 1.29 is 40.6 Å². The van der Waals surface area contributed by atoms with Crippen LogP contribution in [0.2, 0.25) is 0 Å². The van der Waals surface area contributed by atoms with Gasteiger partial charge in [0.1, 0.15) is 5.82 Å². The quantitative estimate of drug-likeness (QED) is 0.163. The van der Waals surface area contributed by atoms with Crippen LogP contribution in [0.1, 0.15) is 43.6 Å². The molecule has 3 nitrogen and oxygen atoms in total. The first-order valence-electron chi connectivity index (χ1n) is 12.0. The molecule has 37 heavy (non-hydrogen) atoms. The average molecular weight is 525 g/mol. The van der Waals surface area contributed by atoms with Crippen LogP contribution in [-0.2, 0) is 15.9 Å². The maximum atomic E-state index is 14.7. The van der Waals surface area contributed by atoms with Crippen molar-refractivity contribution in [1.29, 1.82) is 0 Å². The third-order valence-corrected chi connectivity index (χ3v) is 6.12. The molecular weight excluding hydrogens is 498 g/mol. The number of hydrogen-bond donors (Lipinski definition) is 0. The molecule has 3 aromatic carbocycles. The van der Waals surface area contributed by atoms with Crippen LogP contribution in [0, 0.1) is 40.8 Å². The third kappa shape index (κ3) is 6.45. The summed E-state index contributed by atoms with van der Waals surface area (Å²) in [6.07, 6.45) is 2.51. The summed E-state index contributed by atoms with van der Waals surface area (Å²) in [5.41, 5.74) is 0.621. The van der Waals surface area contributed by atoms with E-state index in [1.807, 2.05) is 0 Å². The highest BCUT2D eigenvalue weighted by molar-refractivity contribution is 5.64. The van der Waals surface area contributed by atoms with E-state index < -0.39 is 46.9 Å². The zero-order chi connectivity index (χ0) is 26.5. The van der Waals surface area contributed by atoms with E-state index in [4.69, 9.17) is 14.2 Å². The standard InChI is InChI=1S/C28H26F6O3/c1-2-3-4-5-16-8-24(32)27(25(33)9-16)35-13-17-14-36-28(37-15-17)18-6-7-20(21(29)10-18)19-11-22(30)26(34)23(31)12-19/h6-12,17,28H,2-5,13-15H2,1H3. The van der Waals surface area contributed by atoms with Gasteiger partial charge in [-0.25, -0.2) is 26.3 Å². The summed E-state index contributed by atoms with van der Waals surface area (Å²) in [7, 11) is 0. The fourth-order valence-electron chi connectivity index (χ4n) is 4.13. The second-order valence-corrected chi connectivity index (χ2v) is 9.01. The average Bonchev–Trinajstić information content (AvgIpc) is 2.87. The van der Waals surface area contributed by atoms with Crippen LogP contribution in [0.25, 0.3) is 11.1 Å². The summed E-state index contributed by atoms with van der Waals surface area (Å²) < 4.78 is 100. The van der Waals surface area contributed by atoms with E-state index in [-0.39, 0.29) is 36.9 Å². The molecule has 4 rings (SSSR count). The van der Waals surface area contributed by atoms with Crippen LogP contribution in [-0.4, -0.2) is 19.8 Å². The lowest BCUT2D eigenvalue weighted by Crippen LogP contribution is -2.31. The molecule has 0 bridgehead atoms. The van der Waals surface area contributed by atoms with E-state index in [9.17, 15) is 26.3 Å². The first-order valence-corrected chi connectivity index (χ1v) is 12.0. The maximum absolute atomic E-state index is 14.7. The molecule has 9 heteroatoms. The van der Waals surface area contributed by atoms with Gasteiger partial charge in [-0.05, 0) is 54.3 Å². The van der Waals surface area contributed by atoms with Crippen molar-refractivity contribution in [2.24, 2.45) is 5.92 Å². The SMILES string of the molecule is CCCCCc1cc(F)c(OCC2COC(c3ccc(-c4cc(F)c(F)c(F)c4)c(F)c3)OC2)c(F)c1. The highest BCUT2D eigenvalue weighted by atomic mass is 19.2. The molecule has 0 atom stereocenters. The largest absolute Gasteiger partial charge is 0.487 e. The topological polar surface area (TPSA) is 27.7 Å². The molecule has 0 radical (unpaired) electrons. The Hall–Kier alpha value is -3.04. The lowest BCUT2D eigenvalue weighted by Gasteiger charge is -2.29. The Labute approximate surface area is 211 Å². The fourth-order valence-corrected chi connectivity index (χ4v) is 4.13. The molecule has 0 N–H and O–H groups in total. The first-order chi connectivity index (χ1) is 17.8. The fraction of sp³-hybridized carbons (Fsp3) is 0.357. The Balaban J connectivity index is 1.33. The minimum Gasteiger partial charge on any atom is -0.487 e. The van der Waals surface area contributed by atoms with Crippen LogP contribution >= 0.6 is 0 Å². The Morgan fingerprint density at radius 2 is 1.43 bits per heavy atom. The van der Waals surface area contributed by atoms with E-state index in [0.29, 0.717) is 29.7 Å². The summed E-state index contributed by atoms with van der Waals surface area (Å²) in [4.78, 5) is 0. The Morgan fingerprint density at radius 1 is 0.784 bits per heavy atom. The molecule has 0 spiro atoms. The Kier molecular flexibility index (Phi) is 8.76. The van der Waals surface area contributed by atoms with Gasteiger partial charge in [0.15, 0.2) is 41.1 Å². The van der Waals surface area contributed by atoms with Crippen LogP contribution in [0.5, 0.6) is 5.75 Å². The maximum Gasteiger partial charge on any atom is 0.194 e. The van der Waals surface area contributed by atoms with Crippen LogP contribution in [0.15, 0.2) is 42.5 Å². The lowest BCUT2D eigenvalue weighted by atomic mass is 10.0. The molecule has 0 saturated carbocycles. The van der Waals surface area contributed by atoms with E-state index in [2.05, 4.69) is 6.92 Å². The summed E-state index contributed by atoms with van der Waals surface area (Å²) >= 11 is 0.